The number of aliphatic hydroxyl groups is 1. The molecular weight excluding hydrogens is 258 g/mol. The molecule has 0 saturated heterocycles. The SMILES string of the molecule is CCN(OCc1ccccc1)C(=O)CCOCCCO. The highest BCUT2D eigenvalue weighted by molar-refractivity contribution is 5.75. The molecule has 0 aliphatic carbocycles. The van der Waals surface area contributed by atoms with Crippen LogP contribution in [0.25, 0.3) is 0 Å². The second-order valence-electron chi connectivity index (χ2n) is 4.29. The first-order valence-corrected chi connectivity index (χ1v) is 6.93. The molecule has 0 atom stereocenters. The van der Waals surface area contributed by atoms with Crippen LogP contribution in [0.3, 0.4) is 0 Å². The highest BCUT2D eigenvalue weighted by atomic mass is 16.7. The molecule has 5 heteroatoms. The first-order valence-electron chi connectivity index (χ1n) is 6.93. The van der Waals surface area contributed by atoms with Gasteiger partial charge in [-0.3, -0.25) is 9.63 Å². The molecule has 0 aliphatic heterocycles. The number of carbonyl (C=O) groups excluding carboxylic acids is 1. The van der Waals surface area contributed by atoms with E-state index in [4.69, 9.17) is 14.7 Å². The second kappa shape index (κ2) is 10.4. The highest BCUT2D eigenvalue weighted by Gasteiger charge is 2.12. The van der Waals surface area contributed by atoms with Gasteiger partial charge in [-0.1, -0.05) is 30.3 Å². The van der Waals surface area contributed by atoms with Crippen molar-refractivity contribution in [3.05, 3.63) is 35.9 Å². The van der Waals surface area contributed by atoms with E-state index in [9.17, 15) is 4.79 Å². The van der Waals surface area contributed by atoms with E-state index in [-0.39, 0.29) is 18.9 Å². The molecular formula is C15H23NO4. The summed E-state index contributed by atoms with van der Waals surface area (Å²) in [5.41, 5.74) is 1.03. The van der Waals surface area contributed by atoms with Crippen molar-refractivity contribution in [1.29, 1.82) is 0 Å². The molecule has 1 aromatic rings. The molecule has 1 amide bonds. The standard InChI is InChI=1S/C15H23NO4/c1-2-16(15(18)9-12-19-11-6-10-17)20-13-14-7-4-3-5-8-14/h3-5,7-8,17H,2,6,9-13H2,1H3. The van der Waals surface area contributed by atoms with Crippen molar-refractivity contribution in [3.8, 4) is 0 Å². The largest absolute Gasteiger partial charge is 0.396 e. The Morgan fingerprint density at radius 3 is 2.65 bits per heavy atom. The second-order valence-corrected chi connectivity index (χ2v) is 4.29. The van der Waals surface area contributed by atoms with E-state index in [2.05, 4.69) is 0 Å². The summed E-state index contributed by atoms with van der Waals surface area (Å²) in [5.74, 6) is -0.0903. The quantitative estimate of drug-likeness (QED) is 0.524. The minimum Gasteiger partial charge on any atom is -0.396 e. The summed E-state index contributed by atoms with van der Waals surface area (Å²) in [6.07, 6.45) is 0.879. The molecule has 1 rings (SSSR count). The van der Waals surface area contributed by atoms with Crippen molar-refractivity contribution in [1.82, 2.24) is 5.06 Å². The molecule has 0 aromatic heterocycles. The van der Waals surface area contributed by atoms with Gasteiger partial charge in [0.05, 0.1) is 13.0 Å². The van der Waals surface area contributed by atoms with E-state index in [1.807, 2.05) is 37.3 Å². The zero-order valence-corrected chi connectivity index (χ0v) is 12.0. The van der Waals surface area contributed by atoms with Gasteiger partial charge in [-0.15, -0.1) is 0 Å². The molecule has 20 heavy (non-hydrogen) atoms. The lowest BCUT2D eigenvalue weighted by molar-refractivity contribution is -0.191. The number of benzene rings is 1. The Kier molecular flexibility index (Phi) is 8.62. The Morgan fingerprint density at radius 1 is 1.25 bits per heavy atom. The third kappa shape index (κ3) is 6.65. The van der Waals surface area contributed by atoms with Gasteiger partial charge in [0.1, 0.15) is 6.61 Å². The minimum absolute atomic E-state index is 0.0903. The van der Waals surface area contributed by atoms with Crippen molar-refractivity contribution in [3.63, 3.8) is 0 Å². The average molecular weight is 281 g/mol. The van der Waals surface area contributed by atoms with Gasteiger partial charge in [0.15, 0.2) is 0 Å². The number of hydroxylamine groups is 2. The summed E-state index contributed by atoms with van der Waals surface area (Å²) < 4.78 is 5.24. The monoisotopic (exact) mass is 281 g/mol. The van der Waals surface area contributed by atoms with E-state index < -0.39 is 0 Å². The minimum atomic E-state index is -0.0903. The van der Waals surface area contributed by atoms with Crippen molar-refractivity contribution < 1.29 is 19.5 Å². The van der Waals surface area contributed by atoms with Crippen LogP contribution in [-0.4, -0.2) is 42.4 Å². The van der Waals surface area contributed by atoms with Crippen molar-refractivity contribution >= 4 is 5.91 Å². The number of amides is 1. The fraction of sp³-hybridized carbons (Fsp3) is 0.533. The van der Waals surface area contributed by atoms with Crippen LogP contribution in [0, 0.1) is 0 Å². The van der Waals surface area contributed by atoms with Crippen molar-refractivity contribution in [2.45, 2.75) is 26.4 Å². The molecule has 0 aliphatic rings. The number of rotatable bonds is 10. The highest BCUT2D eigenvalue weighted by Crippen LogP contribution is 2.04. The molecule has 0 fully saturated rings. The van der Waals surface area contributed by atoms with Crippen LogP contribution in [0.4, 0.5) is 0 Å². The Balaban J connectivity index is 2.25. The Hall–Kier alpha value is -1.43. The van der Waals surface area contributed by atoms with E-state index >= 15 is 0 Å². The number of ether oxygens (including phenoxy) is 1. The summed E-state index contributed by atoms with van der Waals surface area (Å²) in [7, 11) is 0. The van der Waals surface area contributed by atoms with E-state index in [0.717, 1.165) is 5.56 Å². The Morgan fingerprint density at radius 2 is 2.00 bits per heavy atom. The molecule has 0 saturated carbocycles. The lowest BCUT2D eigenvalue weighted by Crippen LogP contribution is -2.31. The van der Waals surface area contributed by atoms with Gasteiger partial charge in [0.2, 0.25) is 5.91 Å². The summed E-state index contributed by atoms with van der Waals surface area (Å²) in [5, 5.41) is 9.97. The van der Waals surface area contributed by atoms with E-state index in [1.165, 1.54) is 5.06 Å². The fourth-order valence-corrected chi connectivity index (χ4v) is 1.62. The Bertz CT molecular complexity index is 369. The van der Waals surface area contributed by atoms with Gasteiger partial charge in [-0.05, 0) is 18.9 Å². The van der Waals surface area contributed by atoms with Crippen LogP contribution in [0.2, 0.25) is 0 Å². The summed E-state index contributed by atoms with van der Waals surface area (Å²) >= 11 is 0. The third-order valence-electron chi connectivity index (χ3n) is 2.70. The van der Waals surface area contributed by atoms with Crippen molar-refractivity contribution in [2.24, 2.45) is 0 Å². The number of hydrogen-bond donors (Lipinski definition) is 1. The first kappa shape index (κ1) is 16.6. The maximum atomic E-state index is 11.9. The molecule has 112 valence electrons. The predicted octanol–water partition coefficient (Wildman–Crippen LogP) is 1.76. The normalized spacial score (nSPS) is 10.5. The van der Waals surface area contributed by atoms with E-state index in [1.54, 1.807) is 0 Å². The van der Waals surface area contributed by atoms with E-state index in [0.29, 0.717) is 32.8 Å². The fourth-order valence-electron chi connectivity index (χ4n) is 1.62. The van der Waals surface area contributed by atoms with Crippen LogP contribution >= 0.6 is 0 Å². The number of hydrogen-bond acceptors (Lipinski definition) is 4. The molecule has 0 heterocycles. The van der Waals surface area contributed by atoms with Gasteiger partial charge in [0, 0.05) is 19.8 Å². The molecule has 1 aromatic carbocycles. The maximum absolute atomic E-state index is 11.9. The molecule has 0 bridgehead atoms. The topological polar surface area (TPSA) is 59.0 Å². The van der Waals surface area contributed by atoms with Crippen LogP contribution in [0.5, 0.6) is 0 Å². The molecule has 0 spiro atoms. The van der Waals surface area contributed by atoms with Crippen LogP contribution in [0.1, 0.15) is 25.3 Å². The summed E-state index contributed by atoms with van der Waals surface area (Å²) in [6.45, 7) is 3.68. The molecule has 1 N–H and O–H groups in total. The average Bonchev–Trinajstić information content (AvgIpc) is 2.48. The first-order chi connectivity index (χ1) is 9.77. The van der Waals surface area contributed by atoms with Crippen LogP contribution in [0.15, 0.2) is 30.3 Å². The molecule has 5 nitrogen and oxygen atoms in total. The van der Waals surface area contributed by atoms with Gasteiger partial charge in [0.25, 0.3) is 0 Å². The number of nitrogens with zero attached hydrogens (tertiary/aromatic N) is 1. The van der Waals surface area contributed by atoms with Gasteiger partial charge in [-0.2, -0.15) is 0 Å². The van der Waals surface area contributed by atoms with Gasteiger partial charge in [-0.25, -0.2) is 5.06 Å². The maximum Gasteiger partial charge on any atom is 0.248 e. The molecule has 0 unspecified atom stereocenters. The smallest absolute Gasteiger partial charge is 0.248 e. The summed E-state index contributed by atoms with van der Waals surface area (Å²) in [6, 6.07) is 9.72. The van der Waals surface area contributed by atoms with Gasteiger partial charge < -0.3 is 9.84 Å². The van der Waals surface area contributed by atoms with Crippen LogP contribution < -0.4 is 0 Å². The van der Waals surface area contributed by atoms with Gasteiger partial charge >= 0.3 is 0 Å². The molecule has 0 radical (unpaired) electrons. The lowest BCUT2D eigenvalue weighted by atomic mass is 10.2. The Labute approximate surface area is 120 Å². The lowest BCUT2D eigenvalue weighted by Gasteiger charge is -2.20. The number of carbonyl (C=O) groups is 1. The summed E-state index contributed by atoms with van der Waals surface area (Å²) in [4.78, 5) is 17.4. The number of aliphatic hydroxyl groups excluding tert-OH is 1. The van der Waals surface area contributed by atoms with Crippen molar-refractivity contribution in [2.75, 3.05) is 26.4 Å². The zero-order valence-electron chi connectivity index (χ0n) is 12.0. The third-order valence-corrected chi connectivity index (χ3v) is 2.70. The predicted molar refractivity (Wildman–Crippen MR) is 75.8 cm³/mol. The van der Waals surface area contributed by atoms with Crippen LogP contribution in [-0.2, 0) is 21.0 Å². The zero-order chi connectivity index (χ0) is 14.6.